The van der Waals surface area contributed by atoms with Gasteiger partial charge in [-0.3, -0.25) is 9.78 Å². The molecular formula is C20H31N3O. The molecular weight excluding hydrogens is 298 g/mol. The van der Waals surface area contributed by atoms with Crippen LogP contribution in [0.15, 0.2) is 24.5 Å². The van der Waals surface area contributed by atoms with Crippen LogP contribution in [0.5, 0.6) is 0 Å². The lowest BCUT2D eigenvalue weighted by Crippen LogP contribution is -2.48. The fourth-order valence-corrected chi connectivity index (χ4v) is 4.43. The highest BCUT2D eigenvalue weighted by molar-refractivity contribution is 5.85. The third kappa shape index (κ3) is 3.64. The van der Waals surface area contributed by atoms with Crippen molar-refractivity contribution >= 4 is 5.91 Å². The third-order valence-electron chi connectivity index (χ3n) is 6.05. The molecule has 1 amide bonds. The van der Waals surface area contributed by atoms with Gasteiger partial charge in [0.05, 0.1) is 5.41 Å². The maximum atomic E-state index is 13.1. The average molecular weight is 329 g/mol. The molecule has 24 heavy (non-hydrogen) atoms. The van der Waals surface area contributed by atoms with Crippen molar-refractivity contribution in [1.82, 2.24) is 14.8 Å². The number of rotatable bonds is 6. The van der Waals surface area contributed by atoms with Crippen LogP contribution in [0.4, 0.5) is 0 Å². The second kappa shape index (κ2) is 7.64. The molecule has 3 rings (SSSR count). The Morgan fingerprint density at radius 2 is 1.92 bits per heavy atom. The summed E-state index contributed by atoms with van der Waals surface area (Å²) < 4.78 is 0. The number of likely N-dealkylation sites (tertiary alicyclic amines) is 2. The second-order valence-corrected chi connectivity index (χ2v) is 7.63. The van der Waals surface area contributed by atoms with Gasteiger partial charge >= 0.3 is 0 Å². The summed E-state index contributed by atoms with van der Waals surface area (Å²) in [5.74, 6) is 1.15. The first kappa shape index (κ1) is 17.4. The molecule has 3 heterocycles. The average Bonchev–Trinajstić information content (AvgIpc) is 2.90. The number of amides is 1. The summed E-state index contributed by atoms with van der Waals surface area (Å²) in [6.07, 6.45) is 9.35. The molecule has 0 aliphatic carbocycles. The summed E-state index contributed by atoms with van der Waals surface area (Å²) in [6, 6.07) is 4.02. The lowest BCUT2D eigenvalue weighted by molar-refractivity contribution is -0.139. The number of aromatic nitrogens is 1. The monoisotopic (exact) mass is 329 g/mol. The Kier molecular flexibility index (Phi) is 5.54. The first-order chi connectivity index (χ1) is 11.7. The fraction of sp³-hybridized carbons (Fsp3) is 0.700. The molecule has 1 aromatic heterocycles. The molecule has 2 saturated heterocycles. The van der Waals surface area contributed by atoms with Crippen LogP contribution in [0.25, 0.3) is 0 Å². The van der Waals surface area contributed by atoms with Gasteiger partial charge in [0.15, 0.2) is 0 Å². The van der Waals surface area contributed by atoms with Crippen LogP contribution < -0.4 is 0 Å². The lowest BCUT2D eigenvalue weighted by atomic mass is 9.78. The molecule has 2 fully saturated rings. The van der Waals surface area contributed by atoms with Gasteiger partial charge in [-0.15, -0.1) is 0 Å². The van der Waals surface area contributed by atoms with Gasteiger partial charge in [-0.05, 0) is 49.4 Å². The largest absolute Gasteiger partial charge is 0.338 e. The van der Waals surface area contributed by atoms with Crippen molar-refractivity contribution in [3.63, 3.8) is 0 Å². The molecule has 2 aliphatic heterocycles. The summed E-state index contributed by atoms with van der Waals surface area (Å²) in [4.78, 5) is 21.8. The van der Waals surface area contributed by atoms with Gasteiger partial charge in [0.1, 0.15) is 0 Å². The molecule has 132 valence electrons. The van der Waals surface area contributed by atoms with Gasteiger partial charge in [0, 0.05) is 38.6 Å². The van der Waals surface area contributed by atoms with E-state index in [0.29, 0.717) is 5.91 Å². The van der Waals surface area contributed by atoms with Gasteiger partial charge < -0.3 is 9.80 Å². The van der Waals surface area contributed by atoms with Crippen molar-refractivity contribution in [2.45, 2.75) is 52.5 Å². The summed E-state index contributed by atoms with van der Waals surface area (Å²) >= 11 is 0. The standard InChI is InChI=1S/C20H31N3O/c1-3-17(4-2)14-22-12-5-8-20(16-22)9-13-23(19(20)24)15-18-6-10-21-11-7-18/h6-7,10-11,17H,3-5,8-9,12-16H2,1-2H3. The van der Waals surface area contributed by atoms with Crippen LogP contribution in [0, 0.1) is 11.3 Å². The molecule has 4 nitrogen and oxygen atoms in total. The van der Waals surface area contributed by atoms with Crippen LogP contribution in [-0.2, 0) is 11.3 Å². The predicted molar refractivity (Wildman–Crippen MR) is 96.5 cm³/mol. The molecule has 1 atom stereocenters. The second-order valence-electron chi connectivity index (χ2n) is 7.63. The molecule has 1 unspecified atom stereocenters. The first-order valence-corrected chi connectivity index (χ1v) is 9.57. The Morgan fingerprint density at radius 3 is 2.62 bits per heavy atom. The van der Waals surface area contributed by atoms with E-state index in [1.165, 1.54) is 18.4 Å². The predicted octanol–water partition coefficient (Wildman–Crippen LogP) is 3.33. The number of hydrogen-bond donors (Lipinski definition) is 0. The smallest absolute Gasteiger partial charge is 0.230 e. The van der Waals surface area contributed by atoms with Crippen LogP contribution in [-0.4, -0.2) is 46.9 Å². The maximum absolute atomic E-state index is 13.1. The molecule has 0 radical (unpaired) electrons. The van der Waals surface area contributed by atoms with Crippen molar-refractivity contribution in [3.8, 4) is 0 Å². The van der Waals surface area contributed by atoms with E-state index in [2.05, 4.69) is 28.6 Å². The van der Waals surface area contributed by atoms with E-state index in [0.717, 1.165) is 57.9 Å². The quantitative estimate of drug-likeness (QED) is 0.803. The fourth-order valence-electron chi connectivity index (χ4n) is 4.43. The Labute approximate surface area is 146 Å². The minimum Gasteiger partial charge on any atom is -0.338 e. The van der Waals surface area contributed by atoms with Gasteiger partial charge in [-0.1, -0.05) is 26.7 Å². The highest BCUT2D eigenvalue weighted by atomic mass is 16.2. The SMILES string of the molecule is CCC(CC)CN1CCCC2(CCN(Cc3ccncc3)C2=O)C1. The maximum Gasteiger partial charge on any atom is 0.230 e. The van der Waals surface area contributed by atoms with Crippen molar-refractivity contribution in [1.29, 1.82) is 0 Å². The van der Waals surface area contributed by atoms with E-state index in [1.54, 1.807) is 0 Å². The van der Waals surface area contributed by atoms with Crippen LogP contribution >= 0.6 is 0 Å². The molecule has 0 N–H and O–H groups in total. The number of carbonyl (C=O) groups excluding carboxylic acids is 1. The Bertz CT molecular complexity index is 543. The third-order valence-corrected chi connectivity index (χ3v) is 6.05. The highest BCUT2D eigenvalue weighted by Gasteiger charge is 2.48. The molecule has 2 aliphatic rings. The summed E-state index contributed by atoms with van der Waals surface area (Å²) in [5, 5.41) is 0. The van der Waals surface area contributed by atoms with Crippen molar-refractivity contribution in [2.75, 3.05) is 26.2 Å². The number of hydrogen-bond acceptors (Lipinski definition) is 3. The Balaban J connectivity index is 1.64. The number of nitrogens with zero attached hydrogens (tertiary/aromatic N) is 3. The lowest BCUT2D eigenvalue weighted by Gasteiger charge is -2.40. The summed E-state index contributed by atoms with van der Waals surface area (Å²) in [7, 11) is 0. The summed E-state index contributed by atoms with van der Waals surface area (Å²) in [5.41, 5.74) is 1.07. The van der Waals surface area contributed by atoms with E-state index in [1.807, 2.05) is 24.5 Å². The zero-order valence-corrected chi connectivity index (χ0v) is 15.2. The van der Waals surface area contributed by atoms with Gasteiger partial charge in [-0.2, -0.15) is 0 Å². The van der Waals surface area contributed by atoms with Gasteiger partial charge in [0.2, 0.25) is 5.91 Å². The zero-order valence-electron chi connectivity index (χ0n) is 15.2. The van der Waals surface area contributed by atoms with E-state index in [4.69, 9.17) is 0 Å². The van der Waals surface area contributed by atoms with Gasteiger partial charge in [-0.25, -0.2) is 0 Å². The minimum absolute atomic E-state index is 0.114. The van der Waals surface area contributed by atoms with E-state index in [-0.39, 0.29) is 5.41 Å². The van der Waals surface area contributed by atoms with Gasteiger partial charge in [0.25, 0.3) is 0 Å². The van der Waals surface area contributed by atoms with Crippen LogP contribution in [0.1, 0.15) is 51.5 Å². The Hall–Kier alpha value is -1.42. The molecule has 0 aromatic carbocycles. The van der Waals surface area contributed by atoms with Crippen molar-refractivity contribution in [2.24, 2.45) is 11.3 Å². The Morgan fingerprint density at radius 1 is 1.17 bits per heavy atom. The van der Waals surface area contributed by atoms with E-state index >= 15 is 0 Å². The number of pyridine rings is 1. The minimum atomic E-state index is -0.114. The van der Waals surface area contributed by atoms with E-state index < -0.39 is 0 Å². The zero-order chi connectivity index (χ0) is 17.0. The molecule has 1 aromatic rings. The number of piperidine rings is 1. The first-order valence-electron chi connectivity index (χ1n) is 9.57. The normalized spacial score (nSPS) is 25.1. The topological polar surface area (TPSA) is 36.4 Å². The van der Waals surface area contributed by atoms with E-state index in [9.17, 15) is 4.79 Å². The molecule has 0 saturated carbocycles. The van der Waals surface area contributed by atoms with Crippen molar-refractivity contribution < 1.29 is 4.79 Å². The molecule has 1 spiro atoms. The van der Waals surface area contributed by atoms with Crippen LogP contribution in [0.2, 0.25) is 0 Å². The number of carbonyl (C=O) groups is 1. The van der Waals surface area contributed by atoms with Crippen LogP contribution in [0.3, 0.4) is 0 Å². The van der Waals surface area contributed by atoms with Crippen molar-refractivity contribution in [3.05, 3.63) is 30.1 Å². The molecule has 0 bridgehead atoms. The highest BCUT2D eigenvalue weighted by Crippen LogP contribution is 2.41. The molecule has 4 heteroatoms. The summed E-state index contributed by atoms with van der Waals surface area (Å²) in [6.45, 7) is 9.49.